The standard InChI is InChI=1S/C14H14F3NO5/c1-7-5-18(6-11(22-7)13(20)21)12(19)9-3-2-8(15)4-10(9)23-14(16)17/h2-4,7,11,14H,5-6H2,1H3,(H,20,21)/t7-,11?/m1/s1. The maximum absolute atomic E-state index is 13.2. The molecule has 1 aromatic carbocycles. The zero-order valence-corrected chi connectivity index (χ0v) is 12.0. The highest BCUT2D eigenvalue weighted by Gasteiger charge is 2.34. The molecule has 9 heteroatoms. The number of carbonyl (C=O) groups is 2. The molecule has 0 aliphatic carbocycles. The Kier molecular flexibility index (Phi) is 5.09. The summed E-state index contributed by atoms with van der Waals surface area (Å²) in [6.07, 6.45) is -1.77. The number of hydrogen-bond acceptors (Lipinski definition) is 4. The Hall–Kier alpha value is -2.29. The van der Waals surface area contributed by atoms with Gasteiger partial charge >= 0.3 is 12.6 Å². The molecule has 0 aromatic heterocycles. The molecule has 1 N–H and O–H groups in total. The topological polar surface area (TPSA) is 76.1 Å². The monoisotopic (exact) mass is 333 g/mol. The number of amides is 1. The summed E-state index contributed by atoms with van der Waals surface area (Å²) >= 11 is 0. The number of benzene rings is 1. The molecule has 1 amide bonds. The predicted octanol–water partition coefficient (Wildman–Crippen LogP) is 1.74. The minimum absolute atomic E-state index is 0.0775. The normalized spacial score (nSPS) is 21.3. The molecule has 1 heterocycles. The fraction of sp³-hybridized carbons (Fsp3) is 0.429. The average molecular weight is 333 g/mol. The Morgan fingerprint density at radius 2 is 2.09 bits per heavy atom. The van der Waals surface area contributed by atoms with Crippen LogP contribution in [0.2, 0.25) is 0 Å². The van der Waals surface area contributed by atoms with Gasteiger partial charge in [-0.1, -0.05) is 0 Å². The van der Waals surface area contributed by atoms with Crippen LogP contribution in [-0.4, -0.2) is 53.8 Å². The smallest absolute Gasteiger partial charge is 0.387 e. The van der Waals surface area contributed by atoms with Crippen LogP contribution in [0.25, 0.3) is 0 Å². The zero-order chi connectivity index (χ0) is 17.1. The summed E-state index contributed by atoms with van der Waals surface area (Å²) in [5, 5.41) is 9.00. The van der Waals surface area contributed by atoms with Crippen LogP contribution in [0.4, 0.5) is 13.2 Å². The maximum Gasteiger partial charge on any atom is 0.387 e. The van der Waals surface area contributed by atoms with Gasteiger partial charge in [0.15, 0.2) is 6.10 Å². The van der Waals surface area contributed by atoms with Crippen molar-refractivity contribution in [3.8, 4) is 5.75 Å². The molecule has 126 valence electrons. The van der Waals surface area contributed by atoms with Gasteiger partial charge in [0.05, 0.1) is 18.2 Å². The molecular formula is C14H14F3NO5. The number of carboxylic acids is 1. The average Bonchev–Trinajstić information content (AvgIpc) is 2.45. The molecule has 1 aromatic rings. The fourth-order valence-electron chi connectivity index (χ4n) is 2.29. The van der Waals surface area contributed by atoms with Crippen molar-refractivity contribution in [2.75, 3.05) is 13.1 Å². The lowest BCUT2D eigenvalue weighted by molar-refractivity contribution is -0.160. The highest BCUT2D eigenvalue weighted by Crippen LogP contribution is 2.25. The molecule has 1 aliphatic heterocycles. The largest absolute Gasteiger partial charge is 0.479 e. The van der Waals surface area contributed by atoms with E-state index in [0.717, 1.165) is 17.0 Å². The van der Waals surface area contributed by atoms with Gasteiger partial charge in [-0.3, -0.25) is 4.79 Å². The van der Waals surface area contributed by atoms with E-state index in [1.807, 2.05) is 0 Å². The highest BCUT2D eigenvalue weighted by atomic mass is 19.3. The number of aliphatic carboxylic acids is 1. The molecule has 1 fully saturated rings. The van der Waals surface area contributed by atoms with Crippen LogP contribution in [0.15, 0.2) is 18.2 Å². The molecule has 2 atom stereocenters. The molecular weight excluding hydrogens is 319 g/mol. The summed E-state index contributed by atoms with van der Waals surface area (Å²) in [5.74, 6) is -3.41. The second kappa shape index (κ2) is 6.86. The second-order valence-electron chi connectivity index (χ2n) is 5.00. The Morgan fingerprint density at radius 1 is 1.39 bits per heavy atom. The van der Waals surface area contributed by atoms with Gasteiger partial charge in [0.2, 0.25) is 0 Å². The van der Waals surface area contributed by atoms with Gasteiger partial charge in [-0.2, -0.15) is 8.78 Å². The van der Waals surface area contributed by atoms with Crippen LogP contribution >= 0.6 is 0 Å². The van der Waals surface area contributed by atoms with Crippen LogP contribution in [0, 0.1) is 5.82 Å². The van der Waals surface area contributed by atoms with Crippen molar-refractivity contribution < 1.29 is 37.3 Å². The molecule has 1 saturated heterocycles. The second-order valence-corrected chi connectivity index (χ2v) is 5.00. The Morgan fingerprint density at radius 3 is 2.70 bits per heavy atom. The molecule has 0 spiro atoms. The van der Waals surface area contributed by atoms with Crippen molar-refractivity contribution in [2.24, 2.45) is 0 Å². The van der Waals surface area contributed by atoms with Crippen molar-refractivity contribution in [1.82, 2.24) is 4.90 Å². The SMILES string of the molecule is C[C@@H]1CN(C(=O)c2ccc(F)cc2OC(F)F)CC(C(=O)O)O1. The summed E-state index contributed by atoms with van der Waals surface area (Å²) in [5.41, 5.74) is -0.273. The maximum atomic E-state index is 13.2. The number of carboxylic acid groups (broad SMARTS) is 1. The number of morpholine rings is 1. The summed E-state index contributed by atoms with van der Waals surface area (Å²) in [6.45, 7) is -1.81. The van der Waals surface area contributed by atoms with Gasteiger partial charge in [0.25, 0.3) is 5.91 Å². The number of nitrogens with zero attached hydrogens (tertiary/aromatic N) is 1. The molecule has 6 nitrogen and oxygen atoms in total. The van der Waals surface area contributed by atoms with Gasteiger partial charge in [-0.15, -0.1) is 0 Å². The fourth-order valence-corrected chi connectivity index (χ4v) is 2.29. The van der Waals surface area contributed by atoms with Crippen LogP contribution in [-0.2, 0) is 9.53 Å². The van der Waals surface area contributed by atoms with Crippen LogP contribution in [0.5, 0.6) is 5.75 Å². The van der Waals surface area contributed by atoms with E-state index in [-0.39, 0.29) is 18.7 Å². The van der Waals surface area contributed by atoms with E-state index in [1.54, 1.807) is 6.92 Å². The molecule has 1 unspecified atom stereocenters. The number of halogens is 3. The van der Waals surface area contributed by atoms with E-state index < -0.39 is 42.3 Å². The van der Waals surface area contributed by atoms with Crippen molar-refractivity contribution in [3.05, 3.63) is 29.6 Å². The third-order valence-corrected chi connectivity index (χ3v) is 3.21. The van der Waals surface area contributed by atoms with E-state index in [1.165, 1.54) is 0 Å². The lowest BCUT2D eigenvalue weighted by Gasteiger charge is -2.35. The zero-order valence-electron chi connectivity index (χ0n) is 12.0. The predicted molar refractivity (Wildman–Crippen MR) is 70.9 cm³/mol. The summed E-state index contributed by atoms with van der Waals surface area (Å²) in [4.78, 5) is 24.6. The number of carbonyl (C=O) groups excluding carboxylic acids is 1. The molecule has 2 rings (SSSR count). The van der Waals surface area contributed by atoms with Crippen molar-refractivity contribution in [3.63, 3.8) is 0 Å². The van der Waals surface area contributed by atoms with E-state index in [4.69, 9.17) is 9.84 Å². The van der Waals surface area contributed by atoms with Gasteiger partial charge in [-0.05, 0) is 19.1 Å². The van der Waals surface area contributed by atoms with Crippen molar-refractivity contribution in [2.45, 2.75) is 25.7 Å². The molecule has 0 radical (unpaired) electrons. The molecule has 0 bridgehead atoms. The number of rotatable bonds is 4. The number of alkyl halides is 2. The summed E-state index contributed by atoms with van der Waals surface area (Å²) < 4.78 is 47.3. The lowest BCUT2D eigenvalue weighted by Crippen LogP contribution is -2.51. The molecule has 1 aliphatic rings. The van der Waals surface area contributed by atoms with Crippen LogP contribution in [0.3, 0.4) is 0 Å². The Labute approximate surface area is 129 Å². The van der Waals surface area contributed by atoms with E-state index >= 15 is 0 Å². The summed E-state index contributed by atoms with van der Waals surface area (Å²) in [7, 11) is 0. The Balaban J connectivity index is 2.27. The third kappa shape index (κ3) is 4.13. The van der Waals surface area contributed by atoms with Crippen LogP contribution < -0.4 is 4.74 Å². The number of hydrogen-bond donors (Lipinski definition) is 1. The van der Waals surface area contributed by atoms with Gasteiger partial charge in [0.1, 0.15) is 11.6 Å². The summed E-state index contributed by atoms with van der Waals surface area (Å²) in [6, 6.07) is 2.63. The first-order chi connectivity index (χ1) is 10.8. The Bertz CT molecular complexity index is 610. The van der Waals surface area contributed by atoms with E-state index in [9.17, 15) is 22.8 Å². The number of ether oxygens (including phenoxy) is 2. The van der Waals surface area contributed by atoms with E-state index in [2.05, 4.69) is 4.74 Å². The molecule has 23 heavy (non-hydrogen) atoms. The van der Waals surface area contributed by atoms with Crippen molar-refractivity contribution >= 4 is 11.9 Å². The first kappa shape index (κ1) is 17.1. The lowest BCUT2D eigenvalue weighted by atomic mass is 10.1. The van der Waals surface area contributed by atoms with Gasteiger partial charge in [-0.25, -0.2) is 9.18 Å². The quantitative estimate of drug-likeness (QED) is 0.908. The molecule has 0 saturated carbocycles. The minimum Gasteiger partial charge on any atom is -0.479 e. The third-order valence-electron chi connectivity index (χ3n) is 3.21. The van der Waals surface area contributed by atoms with E-state index in [0.29, 0.717) is 6.07 Å². The first-order valence-electron chi connectivity index (χ1n) is 6.70. The van der Waals surface area contributed by atoms with Gasteiger partial charge < -0.3 is 19.5 Å². The minimum atomic E-state index is -3.22. The van der Waals surface area contributed by atoms with Crippen LogP contribution in [0.1, 0.15) is 17.3 Å². The highest BCUT2D eigenvalue weighted by molar-refractivity contribution is 5.97. The van der Waals surface area contributed by atoms with Crippen molar-refractivity contribution in [1.29, 1.82) is 0 Å². The first-order valence-corrected chi connectivity index (χ1v) is 6.70. The van der Waals surface area contributed by atoms with Gasteiger partial charge in [0, 0.05) is 12.6 Å².